The Hall–Kier alpha value is -1.71. The van der Waals surface area contributed by atoms with E-state index in [1.807, 2.05) is 24.3 Å². The zero-order chi connectivity index (χ0) is 17.2. The van der Waals surface area contributed by atoms with Crippen molar-refractivity contribution in [3.8, 4) is 11.5 Å². The maximum Gasteiger partial charge on any atom is 0.223 e. The molecule has 1 aliphatic carbocycles. The summed E-state index contributed by atoms with van der Waals surface area (Å²) in [5.41, 5.74) is 0. The van der Waals surface area contributed by atoms with Crippen LogP contribution in [0.25, 0.3) is 0 Å². The van der Waals surface area contributed by atoms with E-state index >= 15 is 0 Å². The summed E-state index contributed by atoms with van der Waals surface area (Å²) < 4.78 is 10.7. The summed E-state index contributed by atoms with van der Waals surface area (Å²) in [5, 5.41) is 3.01. The number of hydrogen-bond acceptors (Lipinski definition) is 3. The van der Waals surface area contributed by atoms with Crippen LogP contribution in [0.4, 0.5) is 0 Å². The van der Waals surface area contributed by atoms with E-state index in [9.17, 15) is 4.79 Å². The van der Waals surface area contributed by atoms with E-state index in [1.165, 1.54) is 32.1 Å². The smallest absolute Gasteiger partial charge is 0.223 e. The maximum absolute atomic E-state index is 12.2. The molecule has 1 aliphatic rings. The molecule has 1 aromatic carbocycles. The molecule has 0 aliphatic heterocycles. The number of ether oxygens (including phenoxy) is 2. The molecular formula is C20H31NO3. The van der Waals surface area contributed by atoms with Crippen LogP contribution in [0.2, 0.25) is 0 Å². The number of methoxy groups -OCH3 is 1. The molecule has 4 heteroatoms. The van der Waals surface area contributed by atoms with Gasteiger partial charge in [0, 0.05) is 5.92 Å². The number of unbranched alkanes of at least 4 members (excludes halogenated alkanes) is 1. The van der Waals surface area contributed by atoms with E-state index in [0.717, 1.165) is 30.3 Å². The van der Waals surface area contributed by atoms with Gasteiger partial charge in [0.05, 0.1) is 13.7 Å². The second kappa shape index (κ2) is 10.2. The highest BCUT2D eigenvalue weighted by Gasteiger charge is 2.25. The summed E-state index contributed by atoms with van der Waals surface area (Å²) in [7, 11) is 1.64. The summed E-state index contributed by atoms with van der Waals surface area (Å²) in [6.07, 6.45) is 8.43. The van der Waals surface area contributed by atoms with Crippen LogP contribution >= 0.6 is 0 Å². The Kier molecular flexibility index (Phi) is 7.93. The molecule has 1 N–H and O–H groups in total. The predicted octanol–water partition coefficient (Wildman–Crippen LogP) is 4.19. The Morgan fingerprint density at radius 3 is 2.42 bits per heavy atom. The molecule has 1 aromatic rings. The van der Waals surface area contributed by atoms with Crippen LogP contribution in [0.15, 0.2) is 24.3 Å². The largest absolute Gasteiger partial charge is 0.497 e. The molecule has 2 rings (SSSR count). The summed E-state index contributed by atoms with van der Waals surface area (Å²) in [5.74, 6) is 2.84. The monoisotopic (exact) mass is 333 g/mol. The number of nitrogens with one attached hydrogen (secondary N) is 1. The van der Waals surface area contributed by atoms with Gasteiger partial charge >= 0.3 is 0 Å². The lowest BCUT2D eigenvalue weighted by molar-refractivity contribution is -0.126. The highest BCUT2D eigenvalue weighted by atomic mass is 16.5. The van der Waals surface area contributed by atoms with Gasteiger partial charge in [0.2, 0.25) is 5.91 Å². The van der Waals surface area contributed by atoms with Crippen molar-refractivity contribution in [1.29, 1.82) is 0 Å². The Labute approximate surface area is 145 Å². The van der Waals surface area contributed by atoms with Gasteiger partial charge in [-0.1, -0.05) is 26.2 Å². The first-order valence-corrected chi connectivity index (χ1v) is 9.27. The highest BCUT2D eigenvalue weighted by molar-refractivity contribution is 5.78. The molecular weight excluding hydrogens is 302 g/mol. The van der Waals surface area contributed by atoms with Crippen molar-refractivity contribution >= 4 is 5.91 Å². The van der Waals surface area contributed by atoms with Gasteiger partial charge in [0.1, 0.15) is 18.1 Å². The second-order valence-corrected chi connectivity index (χ2v) is 6.67. The maximum atomic E-state index is 12.2. The van der Waals surface area contributed by atoms with E-state index < -0.39 is 0 Å². The fourth-order valence-corrected chi connectivity index (χ4v) is 3.37. The van der Waals surface area contributed by atoms with Gasteiger partial charge in [-0.25, -0.2) is 0 Å². The molecule has 0 unspecified atom stereocenters. The van der Waals surface area contributed by atoms with Crippen LogP contribution in [0, 0.1) is 11.8 Å². The zero-order valence-electron chi connectivity index (χ0n) is 15.1. The standard InChI is InChI=1S/C20H31NO3/c1-3-4-5-16-6-8-17(9-7-16)20(22)21-14-15-24-19-12-10-18(23-2)11-13-19/h10-13,16-17H,3-9,14-15H2,1-2H3,(H,21,22). The molecule has 0 aromatic heterocycles. The molecule has 4 nitrogen and oxygen atoms in total. The lowest BCUT2D eigenvalue weighted by Gasteiger charge is -2.27. The Morgan fingerprint density at radius 1 is 1.12 bits per heavy atom. The van der Waals surface area contributed by atoms with E-state index in [2.05, 4.69) is 12.2 Å². The molecule has 0 heterocycles. The number of rotatable bonds is 9. The van der Waals surface area contributed by atoms with Crippen LogP contribution in [-0.2, 0) is 4.79 Å². The first-order chi connectivity index (χ1) is 11.7. The summed E-state index contributed by atoms with van der Waals surface area (Å²) in [6.45, 7) is 3.29. The Balaban J connectivity index is 1.59. The van der Waals surface area contributed by atoms with Crippen LogP contribution < -0.4 is 14.8 Å². The number of benzene rings is 1. The Bertz CT molecular complexity index is 478. The average Bonchev–Trinajstić information content (AvgIpc) is 2.64. The van der Waals surface area contributed by atoms with E-state index in [0.29, 0.717) is 13.2 Å². The van der Waals surface area contributed by atoms with E-state index in [-0.39, 0.29) is 11.8 Å². The van der Waals surface area contributed by atoms with Crippen molar-refractivity contribution in [2.24, 2.45) is 11.8 Å². The van der Waals surface area contributed by atoms with Crippen molar-refractivity contribution in [2.45, 2.75) is 51.9 Å². The molecule has 1 fully saturated rings. The molecule has 0 saturated heterocycles. The predicted molar refractivity (Wildman–Crippen MR) is 96.5 cm³/mol. The third-order valence-electron chi connectivity index (χ3n) is 4.91. The summed E-state index contributed by atoms with van der Waals surface area (Å²) in [6, 6.07) is 7.48. The molecule has 0 bridgehead atoms. The lowest BCUT2D eigenvalue weighted by atomic mass is 9.79. The lowest BCUT2D eigenvalue weighted by Crippen LogP contribution is -2.35. The van der Waals surface area contributed by atoms with Crippen LogP contribution in [0.1, 0.15) is 51.9 Å². The minimum atomic E-state index is 0.197. The topological polar surface area (TPSA) is 47.6 Å². The number of hydrogen-bond donors (Lipinski definition) is 1. The Morgan fingerprint density at radius 2 is 1.79 bits per heavy atom. The zero-order valence-corrected chi connectivity index (χ0v) is 15.1. The minimum Gasteiger partial charge on any atom is -0.497 e. The SMILES string of the molecule is CCCCC1CCC(C(=O)NCCOc2ccc(OC)cc2)CC1. The summed E-state index contributed by atoms with van der Waals surface area (Å²) >= 11 is 0. The molecule has 134 valence electrons. The molecule has 0 spiro atoms. The minimum absolute atomic E-state index is 0.197. The van der Waals surface area contributed by atoms with Crippen molar-refractivity contribution < 1.29 is 14.3 Å². The first-order valence-electron chi connectivity index (χ1n) is 9.27. The number of carbonyl (C=O) groups excluding carboxylic acids is 1. The molecule has 0 radical (unpaired) electrons. The average molecular weight is 333 g/mol. The van der Waals surface area contributed by atoms with Crippen molar-refractivity contribution in [3.63, 3.8) is 0 Å². The highest BCUT2D eigenvalue weighted by Crippen LogP contribution is 2.31. The normalized spacial score (nSPS) is 20.4. The molecule has 1 saturated carbocycles. The van der Waals surface area contributed by atoms with Crippen molar-refractivity contribution in [3.05, 3.63) is 24.3 Å². The first kappa shape index (κ1) is 18.6. The third-order valence-corrected chi connectivity index (χ3v) is 4.91. The van der Waals surface area contributed by atoms with Gasteiger partial charge < -0.3 is 14.8 Å². The van der Waals surface area contributed by atoms with Gasteiger partial charge in [-0.3, -0.25) is 4.79 Å². The fraction of sp³-hybridized carbons (Fsp3) is 0.650. The number of carbonyl (C=O) groups is 1. The molecule has 24 heavy (non-hydrogen) atoms. The van der Waals surface area contributed by atoms with Gasteiger partial charge in [-0.2, -0.15) is 0 Å². The van der Waals surface area contributed by atoms with E-state index in [1.54, 1.807) is 7.11 Å². The van der Waals surface area contributed by atoms with Crippen LogP contribution in [0.3, 0.4) is 0 Å². The fourth-order valence-electron chi connectivity index (χ4n) is 3.37. The second-order valence-electron chi connectivity index (χ2n) is 6.67. The van der Waals surface area contributed by atoms with Gasteiger partial charge in [-0.15, -0.1) is 0 Å². The van der Waals surface area contributed by atoms with E-state index in [4.69, 9.17) is 9.47 Å². The quantitative estimate of drug-likeness (QED) is 0.689. The van der Waals surface area contributed by atoms with Crippen molar-refractivity contribution in [1.82, 2.24) is 5.32 Å². The van der Waals surface area contributed by atoms with Crippen LogP contribution in [0.5, 0.6) is 11.5 Å². The summed E-state index contributed by atoms with van der Waals surface area (Å²) in [4.78, 5) is 12.2. The molecule has 0 atom stereocenters. The van der Waals surface area contributed by atoms with Gasteiger partial charge in [-0.05, 0) is 55.9 Å². The third kappa shape index (κ3) is 6.06. The van der Waals surface area contributed by atoms with Crippen molar-refractivity contribution in [2.75, 3.05) is 20.3 Å². The molecule has 1 amide bonds. The van der Waals surface area contributed by atoms with Gasteiger partial charge in [0.25, 0.3) is 0 Å². The van der Waals surface area contributed by atoms with Crippen LogP contribution in [-0.4, -0.2) is 26.2 Å². The van der Waals surface area contributed by atoms with Gasteiger partial charge in [0.15, 0.2) is 0 Å². The number of amides is 1.